The largest absolute Gasteiger partial charge is 0.329 e. The van der Waals surface area contributed by atoms with Gasteiger partial charge in [0.2, 0.25) is 5.91 Å². The Morgan fingerprint density at radius 3 is 2.19 bits per heavy atom. The highest BCUT2D eigenvalue weighted by molar-refractivity contribution is 5.98. The first-order valence-electron chi connectivity index (χ1n) is 7.97. The van der Waals surface area contributed by atoms with Crippen LogP contribution in [0.4, 0.5) is 5.69 Å². The molecular formula is C18H30N2O. The second-order valence-corrected chi connectivity index (χ2v) is 6.14. The number of carbonyl (C=O) groups is 1. The van der Waals surface area contributed by atoms with Gasteiger partial charge in [-0.15, -0.1) is 0 Å². The number of carbonyl (C=O) groups excluding carboxylic acids is 1. The fourth-order valence-electron chi connectivity index (χ4n) is 3.23. The van der Waals surface area contributed by atoms with Crippen molar-refractivity contribution in [3.8, 4) is 0 Å². The third-order valence-corrected chi connectivity index (χ3v) is 4.32. The van der Waals surface area contributed by atoms with E-state index in [-0.39, 0.29) is 5.91 Å². The molecule has 0 bridgehead atoms. The Bertz CT molecular complexity index is 476. The van der Waals surface area contributed by atoms with E-state index >= 15 is 0 Å². The van der Waals surface area contributed by atoms with Crippen molar-refractivity contribution < 1.29 is 4.79 Å². The van der Waals surface area contributed by atoms with Crippen molar-refractivity contribution in [1.82, 2.24) is 0 Å². The summed E-state index contributed by atoms with van der Waals surface area (Å²) >= 11 is 0. The van der Waals surface area contributed by atoms with Gasteiger partial charge in [-0.05, 0) is 38.3 Å². The van der Waals surface area contributed by atoms with Gasteiger partial charge in [0.05, 0.1) is 5.41 Å². The summed E-state index contributed by atoms with van der Waals surface area (Å²) in [5.41, 5.74) is 8.91. The van der Waals surface area contributed by atoms with E-state index < -0.39 is 5.41 Å². The van der Waals surface area contributed by atoms with Gasteiger partial charge < -0.3 is 10.6 Å². The molecule has 0 unspecified atom stereocenters. The summed E-state index contributed by atoms with van der Waals surface area (Å²) in [5.74, 6) is 0.153. The van der Waals surface area contributed by atoms with E-state index in [1.54, 1.807) is 4.90 Å². The minimum Gasteiger partial charge on any atom is -0.329 e. The smallest absolute Gasteiger partial charge is 0.234 e. The number of hydrogen-bond acceptors (Lipinski definition) is 2. The summed E-state index contributed by atoms with van der Waals surface area (Å²) in [6.45, 7) is 8.77. The minimum absolute atomic E-state index is 0.153. The normalized spacial score (nSPS) is 11.5. The molecule has 1 aromatic rings. The molecule has 0 saturated carbocycles. The molecule has 118 valence electrons. The van der Waals surface area contributed by atoms with Crippen LogP contribution < -0.4 is 10.6 Å². The number of rotatable bonds is 7. The summed E-state index contributed by atoms with van der Waals surface area (Å²) < 4.78 is 0. The maximum absolute atomic E-state index is 13.1. The Morgan fingerprint density at radius 1 is 1.19 bits per heavy atom. The Hall–Kier alpha value is -1.35. The Morgan fingerprint density at radius 2 is 1.76 bits per heavy atom. The maximum atomic E-state index is 13.1. The first-order chi connectivity index (χ1) is 9.91. The molecule has 21 heavy (non-hydrogen) atoms. The molecular weight excluding hydrogens is 260 g/mol. The van der Waals surface area contributed by atoms with Crippen LogP contribution in [0.1, 0.15) is 50.7 Å². The van der Waals surface area contributed by atoms with E-state index in [1.807, 2.05) is 13.1 Å². The van der Waals surface area contributed by atoms with E-state index in [1.165, 1.54) is 5.56 Å². The number of nitrogens with two attached hydrogens (primary N) is 1. The predicted octanol–water partition coefficient (Wildman–Crippen LogP) is 3.81. The summed E-state index contributed by atoms with van der Waals surface area (Å²) in [5, 5.41) is 0. The monoisotopic (exact) mass is 290 g/mol. The van der Waals surface area contributed by atoms with E-state index in [0.29, 0.717) is 6.54 Å². The fourth-order valence-corrected chi connectivity index (χ4v) is 3.23. The van der Waals surface area contributed by atoms with E-state index in [4.69, 9.17) is 5.73 Å². The van der Waals surface area contributed by atoms with E-state index in [9.17, 15) is 4.79 Å². The zero-order valence-electron chi connectivity index (χ0n) is 14.2. The molecule has 0 saturated heterocycles. The van der Waals surface area contributed by atoms with Gasteiger partial charge in [0.15, 0.2) is 0 Å². The van der Waals surface area contributed by atoms with Crippen molar-refractivity contribution in [3.05, 3.63) is 29.3 Å². The van der Waals surface area contributed by atoms with Gasteiger partial charge in [-0.2, -0.15) is 0 Å². The van der Waals surface area contributed by atoms with Crippen molar-refractivity contribution in [2.24, 2.45) is 11.1 Å². The molecule has 2 N–H and O–H groups in total. The van der Waals surface area contributed by atoms with Crippen LogP contribution in [-0.4, -0.2) is 19.5 Å². The third-order valence-electron chi connectivity index (χ3n) is 4.32. The van der Waals surface area contributed by atoms with Crippen molar-refractivity contribution >= 4 is 11.6 Å². The van der Waals surface area contributed by atoms with Gasteiger partial charge in [0, 0.05) is 19.3 Å². The summed E-state index contributed by atoms with van der Waals surface area (Å²) in [6.07, 6.45) is 3.66. The van der Waals surface area contributed by atoms with E-state index in [2.05, 4.69) is 39.8 Å². The molecule has 3 nitrogen and oxygen atoms in total. The number of aryl methyl sites for hydroxylation is 2. The number of amides is 1. The Balaban J connectivity index is 3.12. The highest BCUT2D eigenvalue weighted by atomic mass is 16.2. The SMILES string of the molecule is CCCC(CN)(CCC)C(=O)N(C)c1ccc(C)cc1C. The highest BCUT2D eigenvalue weighted by Gasteiger charge is 2.38. The van der Waals surface area contributed by atoms with Crippen LogP contribution in [0.2, 0.25) is 0 Å². The lowest BCUT2D eigenvalue weighted by Gasteiger charge is -2.35. The minimum atomic E-state index is -0.421. The quantitative estimate of drug-likeness (QED) is 0.830. The molecule has 1 rings (SSSR count). The van der Waals surface area contributed by atoms with Gasteiger partial charge in [-0.1, -0.05) is 44.4 Å². The van der Waals surface area contributed by atoms with Gasteiger partial charge in [-0.3, -0.25) is 4.79 Å². The lowest BCUT2D eigenvalue weighted by atomic mass is 9.78. The molecule has 0 heterocycles. The molecule has 0 aliphatic rings. The van der Waals surface area contributed by atoms with Crippen molar-refractivity contribution in [2.75, 3.05) is 18.5 Å². The highest BCUT2D eigenvalue weighted by Crippen LogP contribution is 2.33. The van der Waals surface area contributed by atoms with Crippen molar-refractivity contribution in [1.29, 1.82) is 0 Å². The molecule has 1 amide bonds. The second-order valence-electron chi connectivity index (χ2n) is 6.14. The van der Waals surface area contributed by atoms with Crippen LogP contribution in [-0.2, 0) is 4.79 Å². The number of benzene rings is 1. The van der Waals surface area contributed by atoms with Crippen LogP contribution >= 0.6 is 0 Å². The zero-order valence-corrected chi connectivity index (χ0v) is 14.2. The molecule has 0 fully saturated rings. The molecule has 0 aromatic heterocycles. The summed E-state index contributed by atoms with van der Waals surface area (Å²) in [6, 6.07) is 6.19. The van der Waals surface area contributed by atoms with Crippen LogP contribution in [0.5, 0.6) is 0 Å². The Labute approximate surface area is 129 Å². The number of nitrogens with zero attached hydrogens (tertiary/aromatic N) is 1. The average molecular weight is 290 g/mol. The van der Waals surface area contributed by atoms with Crippen LogP contribution in [0.25, 0.3) is 0 Å². The molecule has 3 heteroatoms. The molecule has 0 aliphatic carbocycles. The topological polar surface area (TPSA) is 46.3 Å². The maximum Gasteiger partial charge on any atom is 0.234 e. The fraction of sp³-hybridized carbons (Fsp3) is 0.611. The Kier molecular flexibility index (Phi) is 6.41. The lowest BCUT2D eigenvalue weighted by Crippen LogP contribution is -2.47. The predicted molar refractivity (Wildman–Crippen MR) is 90.6 cm³/mol. The molecule has 0 spiro atoms. The molecule has 0 radical (unpaired) electrons. The van der Waals surface area contributed by atoms with Crippen molar-refractivity contribution in [2.45, 2.75) is 53.4 Å². The molecule has 0 aliphatic heterocycles. The first-order valence-corrected chi connectivity index (χ1v) is 7.97. The summed E-state index contributed by atoms with van der Waals surface area (Å²) in [7, 11) is 1.87. The van der Waals surface area contributed by atoms with Gasteiger partial charge in [0.1, 0.15) is 0 Å². The summed E-state index contributed by atoms with van der Waals surface area (Å²) in [4.78, 5) is 14.9. The van der Waals surface area contributed by atoms with Crippen molar-refractivity contribution in [3.63, 3.8) is 0 Å². The van der Waals surface area contributed by atoms with E-state index in [0.717, 1.165) is 36.9 Å². The molecule has 0 atom stereocenters. The second kappa shape index (κ2) is 7.60. The third kappa shape index (κ3) is 3.85. The molecule has 1 aromatic carbocycles. The lowest BCUT2D eigenvalue weighted by molar-refractivity contribution is -0.128. The number of hydrogen-bond donors (Lipinski definition) is 1. The standard InChI is InChI=1S/C18H30N2O/c1-6-10-18(13-19,11-7-2)17(21)20(5)16-9-8-14(3)12-15(16)4/h8-9,12H,6-7,10-11,13,19H2,1-5H3. The first kappa shape index (κ1) is 17.7. The average Bonchev–Trinajstić information content (AvgIpc) is 2.45. The zero-order chi connectivity index (χ0) is 16.0. The number of anilines is 1. The van der Waals surface area contributed by atoms with Crippen LogP contribution in [0.15, 0.2) is 18.2 Å². The van der Waals surface area contributed by atoms with Crippen LogP contribution in [0, 0.1) is 19.3 Å². The van der Waals surface area contributed by atoms with Gasteiger partial charge >= 0.3 is 0 Å². The van der Waals surface area contributed by atoms with Gasteiger partial charge in [-0.25, -0.2) is 0 Å². The van der Waals surface area contributed by atoms with Crippen LogP contribution in [0.3, 0.4) is 0 Å². The van der Waals surface area contributed by atoms with Gasteiger partial charge in [0.25, 0.3) is 0 Å².